The molecule has 2 nitrogen and oxygen atoms in total. The van der Waals surface area contributed by atoms with E-state index in [1.807, 2.05) is 12.1 Å². The number of para-hydroxylation sites is 3. The van der Waals surface area contributed by atoms with Crippen molar-refractivity contribution in [2.24, 2.45) is 0 Å². The summed E-state index contributed by atoms with van der Waals surface area (Å²) in [6, 6.07) is 67.5. The molecule has 1 heterocycles. The summed E-state index contributed by atoms with van der Waals surface area (Å²) in [6.07, 6.45) is 0. The van der Waals surface area contributed by atoms with Crippen molar-refractivity contribution in [3.63, 3.8) is 0 Å². The zero-order valence-corrected chi connectivity index (χ0v) is 27.3. The summed E-state index contributed by atoms with van der Waals surface area (Å²) in [7, 11) is 0. The summed E-state index contributed by atoms with van der Waals surface area (Å²) in [5.74, 6) is 0. The molecule has 2 heteroatoms. The van der Waals surface area contributed by atoms with E-state index < -0.39 is 0 Å². The van der Waals surface area contributed by atoms with E-state index in [9.17, 15) is 0 Å². The monoisotopic (exact) mass is 637 g/mol. The summed E-state index contributed by atoms with van der Waals surface area (Å²) in [5, 5.41) is 9.96. The van der Waals surface area contributed by atoms with Gasteiger partial charge in [-0.1, -0.05) is 140 Å². The van der Waals surface area contributed by atoms with Gasteiger partial charge in [-0.25, -0.2) is 0 Å². The number of benzene rings is 9. The molecular weight excluding hydrogens is 607 g/mol. The highest BCUT2D eigenvalue weighted by Gasteiger charge is 2.16. The van der Waals surface area contributed by atoms with Crippen molar-refractivity contribution in [1.82, 2.24) is 0 Å². The van der Waals surface area contributed by atoms with Crippen LogP contribution < -0.4 is 4.90 Å². The van der Waals surface area contributed by atoms with Crippen molar-refractivity contribution < 1.29 is 4.42 Å². The standard InChI is InChI=1S/C48H31NO/c1-2-10-38(11-3-1)49(40-29-25-34(26-30-40)42-14-8-15-44-43-13-6-7-16-46(43)50-48(42)44)39-27-23-32(24-28-39)37-22-19-35-18-21-36-20-17-33-9-4-5-12-41(33)47(36)45(35)31-37/h1-31H. The second-order valence-electron chi connectivity index (χ2n) is 12.9. The third-order valence-corrected chi connectivity index (χ3v) is 10.0. The number of hydrogen-bond donors (Lipinski definition) is 0. The van der Waals surface area contributed by atoms with Crippen molar-refractivity contribution in [2.75, 3.05) is 4.90 Å². The van der Waals surface area contributed by atoms with Crippen molar-refractivity contribution in [3.8, 4) is 22.3 Å². The van der Waals surface area contributed by atoms with Crippen LogP contribution in [0.1, 0.15) is 0 Å². The maximum absolute atomic E-state index is 6.36. The van der Waals surface area contributed by atoms with E-state index in [-0.39, 0.29) is 0 Å². The van der Waals surface area contributed by atoms with Gasteiger partial charge in [-0.15, -0.1) is 0 Å². The van der Waals surface area contributed by atoms with Gasteiger partial charge in [0.2, 0.25) is 0 Å². The Morgan fingerprint density at radius 2 is 0.900 bits per heavy atom. The van der Waals surface area contributed by atoms with Crippen LogP contribution in [0.5, 0.6) is 0 Å². The average Bonchev–Trinajstić information content (AvgIpc) is 3.58. The van der Waals surface area contributed by atoms with Crippen LogP contribution in [0.3, 0.4) is 0 Å². The average molecular weight is 638 g/mol. The minimum absolute atomic E-state index is 0.913. The Balaban J connectivity index is 1.03. The Labute approximate surface area is 290 Å². The highest BCUT2D eigenvalue weighted by molar-refractivity contribution is 6.20. The SMILES string of the molecule is c1ccc(N(c2ccc(-c3ccc4ccc5ccc6ccccc6c5c4c3)cc2)c2ccc(-c3cccc4c3oc3ccccc34)cc2)cc1. The van der Waals surface area contributed by atoms with E-state index in [0.29, 0.717) is 0 Å². The van der Waals surface area contributed by atoms with Gasteiger partial charge in [0.25, 0.3) is 0 Å². The summed E-state index contributed by atoms with van der Waals surface area (Å²) in [4.78, 5) is 2.31. The molecule has 0 unspecified atom stereocenters. The molecule has 0 fully saturated rings. The molecule has 0 aliphatic rings. The molecule has 10 aromatic rings. The molecule has 0 radical (unpaired) electrons. The number of fused-ring (bicyclic) bond motifs is 8. The number of furan rings is 1. The Morgan fingerprint density at radius 3 is 1.68 bits per heavy atom. The first-order chi connectivity index (χ1) is 24.8. The fourth-order valence-corrected chi connectivity index (χ4v) is 7.60. The van der Waals surface area contributed by atoms with E-state index in [1.165, 1.54) is 43.4 Å². The predicted molar refractivity (Wildman–Crippen MR) is 212 cm³/mol. The fraction of sp³-hybridized carbons (Fsp3) is 0. The zero-order valence-electron chi connectivity index (χ0n) is 27.3. The lowest BCUT2D eigenvalue weighted by atomic mass is 9.94. The summed E-state index contributed by atoms with van der Waals surface area (Å²) in [5.41, 5.74) is 9.75. The van der Waals surface area contributed by atoms with Gasteiger partial charge in [-0.2, -0.15) is 0 Å². The second-order valence-corrected chi connectivity index (χ2v) is 12.9. The molecule has 234 valence electrons. The van der Waals surface area contributed by atoms with E-state index in [2.05, 4.69) is 181 Å². The van der Waals surface area contributed by atoms with Gasteiger partial charge in [0.1, 0.15) is 11.2 Å². The number of anilines is 3. The van der Waals surface area contributed by atoms with Crippen LogP contribution >= 0.6 is 0 Å². The summed E-state index contributed by atoms with van der Waals surface area (Å²) < 4.78 is 6.36. The minimum atomic E-state index is 0.913. The largest absolute Gasteiger partial charge is 0.455 e. The molecule has 0 amide bonds. The number of hydrogen-bond acceptors (Lipinski definition) is 2. The van der Waals surface area contributed by atoms with Gasteiger partial charge in [0.15, 0.2) is 0 Å². The smallest absolute Gasteiger partial charge is 0.143 e. The first-order valence-corrected chi connectivity index (χ1v) is 17.1. The summed E-state index contributed by atoms with van der Waals surface area (Å²) in [6.45, 7) is 0. The molecule has 0 spiro atoms. The first-order valence-electron chi connectivity index (χ1n) is 17.1. The Kier molecular flexibility index (Phi) is 6.53. The van der Waals surface area contributed by atoms with Crippen LogP contribution in [-0.4, -0.2) is 0 Å². The van der Waals surface area contributed by atoms with E-state index in [4.69, 9.17) is 4.42 Å². The minimum Gasteiger partial charge on any atom is -0.455 e. The molecule has 0 atom stereocenters. The van der Waals surface area contributed by atoms with E-state index in [1.54, 1.807) is 0 Å². The van der Waals surface area contributed by atoms with E-state index in [0.717, 1.165) is 50.1 Å². The van der Waals surface area contributed by atoms with Gasteiger partial charge in [0.05, 0.1) is 0 Å². The quantitative estimate of drug-likeness (QED) is 0.175. The van der Waals surface area contributed by atoms with Gasteiger partial charge in [-0.05, 0) is 97.5 Å². The van der Waals surface area contributed by atoms with Gasteiger partial charge in [-0.3, -0.25) is 0 Å². The first kappa shape index (κ1) is 28.4. The summed E-state index contributed by atoms with van der Waals surface area (Å²) >= 11 is 0. The molecule has 0 saturated carbocycles. The maximum atomic E-state index is 6.36. The fourth-order valence-electron chi connectivity index (χ4n) is 7.60. The van der Waals surface area contributed by atoms with Crippen LogP contribution in [0, 0.1) is 0 Å². The molecular formula is C48H31NO. The van der Waals surface area contributed by atoms with Gasteiger partial charge in [0, 0.05) is 33.4 Å². The van der Waals surface area contributed by atoms with Gasteiger partial charge < -0.3 is 9.32 Å². The molecule has 1 aromatic heterocycles. The van der Waals surface area contributed by atoms with Crippen molar-refractivity contribution >= 4 is 71.3 Å². The van der Waals surface area contributed by atoms with Crippen LogP contribution in [0.25, 0.3) is 76.5 Å². The van der Waals surface area contributed by atoms with Crippen LogP contribution in [-0.2, 0) is 0 Å². The third-order valence-electron chi connectivity index (χ3n) is 10.0. The van der Waals surface area contributed by atoms with Crippen molar-refractivity contribution in [1.29, 1.82) is 0 Å². The van der Waals surface area contributed by atoms with Crippen LogP contribution in [0.15, 0.2) is 192 Å². The molecule has 9 aromatic carbocycles. The lowest BCUT2D eigenvalue weighted by Crippen LogP contribution is -2.09. The normalized spacial score (nSPS) is 11.6. The predicted octanol–water partition coefficient (Wildman–Crippen LogP) is 13.8. The molecule has 0 aliphatic carbocycles. The Hall–Kier alpha value is -6.64. The Morgan fingerprint density at radius 1 is 0.340 bits per heavy atom. The second kappa shape index (κ2) is 11.5. The number of nitrogens with zero attached hydrogens (tertiary/aromatic N) is 1. The molecule has 0 N–H and O–H groups in total. The molecule has 50 heavy (non-hydrogen) atoms. The van der Waals surface area contributed by atoms with Crippen LogP contribution in [0.2, 0.25) is 0 Å². The molecule has 0 bridgehead atoms. The van der Waals surface area contributed by atoms with Crippen molar-refractivity contribution in [3.05, 3.63) is 188 Å². The lowest BCUT2D eigenvalue weighted by molar-refractivity contribution is 0.670. The Bertz CT molecular complexity index is 2840. The molecule has 0 saturated heterocycles. The maximum Gasteiger partial charge on any atom is 0.143 e. The highest BCUT2D eigenvalue weighted by Crippen LogP contribution is 2.40. The molecule has 0 aliphatic heterocycles. The lowest BCUT2D eigenvalue weighted by Gasteiger charge is -2.26. The van der Waals surface area contributed by atoms with Crippen LogP contribution in [0.4, 0.5) is 17.1 Å². The number of rotatable bonds is 5. The third kappa shape index (κ3) is 4.65. The van der Waals surface area contributed by atoms with Gasteiger partial charge >= 0.3 is 0 Å². The topological polar surface area (TPSA) is 16.4 Å². The van der Waals surface area contributed by atoms with Crippen molar-refractivity contribution in [2.45, 2.75) is 0 Å². The zero-order chi connectivity index (χ0) is 33.0. The molecule has 10 rings (SSSR count). The highest BCUT2D eigenvalue weighted by atomic mass is 16.3. The van der Waals surface area contributed by atoms with E-state index >= 15 is 0 Å².